The Morgan fingerprint density at radius 1 is 1.28 bits per heavy atom. The van der Waals surface area contributed by atoms with E-state index >= 15 is 0 Å². The van der Waals surface area contributed by atoms with Crippen LogP contribution in [0.4, 0.5) is 10.5 Å². The Bertz CT molecular complexity index is 370. The minimum atomic E-state index is -0.186. The number of urea groups is 1. The summed E-state index contributed by atoms with van der Waals surface area (Å²) >= 11 is 0. The number of para-hydroxylation sites is 1. The van der Waals surface area contributed by atoms with Crippen LogP contribution in [-0.2, 0) is 0 Å². The monoisotopic (exact) mass is 249 g/mol. The summed E-state index contributed by atoms with van der Waals surface area (Å²) in [6, 6.07) is 9.27. The average molecular weight is 249 g/mol. The quantitative estimate of drug-likeness (QED) is 0.767. The number of anilines is 1. The fourth-order valence-corrected chi connectivity index (χ4v) is 1.74. The Balaban J connectivity index is 2.57. The summed E-state index contributed by atoms with van der Waals surface area (Å²) < 4.78 is 0. The summed E-state index contributed by atoms with van der Waals surface area (Å²) in [7, 11) is 0. The molecule has 0 aliphatic rings. The van der Waals surface area contributed by atoms with Gasteiger partial charge in [0.1, 0.15) is 0 Å². The predicted molar refractivity (Wildman–Crippen MR) is 75.5 cm³/mol. The third-order valence-electron chi connectivity index (χ3n) is 2.84. The molecule has 0 aliphatic carbocycles. The van der Waals surface area contributed by atoms with Crippen molar-refractivity contribution in [1.82, 2.24) is 5.32 Å². The molecule has 1 atom stereocenters. The molecule has 1 rings (SSSR count). The molecular weight excluding hydrogens is 226 g/mol. The summed E-state index contributed by atoms with van der Waals surface area (Å²) in [5.41, 5.74) is 6.36. The fraction of sp³-hybridized carbons (Fsp3) is 0.500. The second-order valence-corrected chi connectivity index (χ2v) is 5.46. The first-order valence-electron chi connectivity index (χ1n) is 6.26. The van der Waals surface area contributed by atoms with Crippen LogP contribution < -0.4 is 16.4 Å². The molecule has 0 heterocycles. The Morgan fingerprint density at radius 3 is 2.39 bits per heavy atom. The van der Waals surface area contributed by atoms with Crippen molar-refractivity contribution in [2.24, 2.45) is 11.1 Å². The molecule has 4 heteroatoms. The van der Waals surface area contributed by atoms with Crippen LogP contribution in [0.2, 0.25) is 0 Å². The molecule has 0 saturated heterocycles. The zero-order chi connectivity index (χ0) is 13.6. The van der Waals surface area contributed by atoms with Gasteiger partial charge in [-0.25, -0.2) is 4.79 Å². The lowest BCUT2D eigenvalue weighted by atomic mass is 9.85. The van der Waals surface area contributed by atoms with Crippen LogP contribution >= 0.6 is 0 Å². The number of benzene rings is 1. The molecule has 1 unspecified atom stereocenters. The lowest BCUT2D eigenvalue weighted by Crippen LogP contribution is -2.46. The predicted octanol–water partition coefficient (Wildman–Crippen LogP) is 2.57. The number of hydrogen-bond donors (Lipinski definition) is 3. The maximum absolute atomic E-state index is 11.9. The van der Waals surface area contributed by atoms with Gasteiger partial charge in [0.2, 0.25) is 0 Å². The lowest BCUT2D eigenvalue weighted by Gasteiger charge is -2.31. The van der Waals surface area contributed by atoms with Crippen molar-refractivity contribution in [2.75, 3.05) is 11.9 Å². The smallest absolute Gasteiger partial charge is 0.319 e. The minimum Gasteiger partial charge on any atom is -0.335 e. The van der Waals surface area contributed by atoms with Crippen molar-refractivity contribution in [3.8, 4) is 0 Å². The van der Waals surface area contributed by atoms with E-state index in [-0.39, 0.29) is 17.5 Å². The Kier molecular flexibility index (Phi) is 5.16. The number of rotatable bonds is 4. The number of hydrogen-bond acceptors (Lipinski definition) is 2. The molecule has 2 amide bonds. The molecule has 0 fully saturated rings. The van der Waals surface area contributed by atoms with Gasteiger partial charge in [0.25, 0.3) is 0 Å². The highest BCUT2D eigenvalue weighted by molar-refractivity contribution is 5.89. The standard InChI is InChI=1S/C14H23N3O/c1-14(2,3)12(9-10-15)17-13(18)16-11-7-5-4-6-8-11/h4-8,12H,9-10,15H2,1-3H3,(H2,16,17,18). The summed E-state index contributed by atoms with van der Waals surface area (Å²) in [6.07, 6.45) is 0.770. The maximum atomic E-state index is 11.9. The van der Waals surface area contributed by atoms with Crippen molar-refractivity contribution >= 4 is 11.7 Å². The molecule has 1 aromatic rings. The Morgan fingerprint density at radius 2 is 1.89 bits per heavy atom. The molecule has 4 N–H and O–H groups in total. The van der Waals surface area contributed by atoms with E-state index in [0.29, 0.717) is 6.54 Å². The molecule has 0 spiro atoms. The Hall–Kier alpha value is -1.55. The number of amides is 2. The van der Waals surface area contributed by atoms with Gasteiger partial charge in [-0.05, 0) is 30.5 Å². The molecule has 0 aromatic heterocycles. The van der Waals surface area contributed by atoms with Crippen molar-refractivity contribution in [3.05, 3.63) is 30.3 Å². The largest absolute Gasteiger partial charge is 0.335 e. The van der Waals surface area contributed by atoms with E-state index in [1.54, 1.807) is 0 Å². The maximum Gasteiger partial charge on any atom is 0.319 e. The number of nitrogens with one attached hydrogen (secondary N) is 2. The van der Waals surface area contributed by atoms with E-state index in [0.717, 1.165) is 12.1 Å². The van der Waals surface area contributed by atoms with Crippen molar-refractivity contribution in [3.63, 3.8) is 0 Å². The lowest BCUT2D eigenvalue weighted by molar-refractivity contribution is 0.225. The van der Waals surface area contributed by atoms with Gasteiger partial charge in [-0.2, -0.15) is 0 Å². The Labute approximate surface area is 109 Å². The van der Waals surface area contributed by atoms with Gasteiger partial charge in [0, 0.05) is 11.7 Å². The zero-order valence-electron chi connectivity index (χ0n) is 11.4. The normalized spacial score (nSPS) is 12.9. The van der Waals surface area contributed by atoms with Crippen LogP contribution in [0.15, 0.2) is 30.3 Å². The first-order chi connectivity index (χ1) is 8.43. The second-order valence-electron chi connectivity index (χ2n) is 5.46. The van der Waals surface area contributed by atoms with Gasteiger partial charge in [0.15, 0.2) is 0 Å². The van der Waals surface area contributed by atoms with Gasteiger partial charge in [-0.3, -0.25) is 0 Å². The molecular formula is C14H23N3O. The molecule has 0 saturated carbocycles. The van der Waals surface area contributed by atoms with E-state index in [1.807, 2.05) is 30.3 Å². The van der Waals surface area contributed by atoms with E-state index in [4.69, 9.17) is 5.73 Å². The van der Waals surface area contributed by atoms with Crippen LogP contribution in [0.5, 0.6) is 0 Å². The molecule has 0 radical (unpaired) electrons. The van der Waals surface area contributed by atoms with Gasteiger partial charge in [-0.15, -0.1) is 0 Å². The first kappa shape index (κ1) is 14.5. The molecule has 100 valence electrons. The second kappa shape index (κ2) is 6.40. The highest BCUT2D eigenvalue weighted by Gasteiger charge is 2.25. The van der Waals surface area contributed by atoms with Crippen molar-refractivity contribution in [2.45, 2.75) is 33.2 Å². The summed E-state index contributed by atoms with van der Waals surface area (Å²) in [6.45, 7) is 6.84. The summed E-state index contributed by atoms with van der Waals surface area (Å²) in [4.78, 5) is 11.9. The molecule has 1 aromatic carbocycles. The topological polar surface area (TPSA) is 67.1 Å². The number of nitrogens with two attached hydrogens (primary N) is 1. The van der Waals surface area contributed by atoms with Crippen LogP contribution in [-0.4, -0.2) is 18.6 Å². The molecule has 0 bridgehead atoms. The average Bonchev–Trinajstić information content (AvgIpc) is 2.28. The zero-order valence-corrected chi connectivity index (χ0v) is 11.4. The van der Waals surface area contributed by atoms with E-state index in [9.17, 15) is 4.79 Å². The molecule has 4 nitrogen and oxygen atoms in total. The number of carbonyl (C=O) groups excluding carboxylic acids is 1. The summed E-state index contributed by atoms with van der Waals surface area (Å²) in [5.74, 6) is 0. The van der Waals surface area contributed by atoms with E-state index < -0.39 is 0 Å². The van der Waals surface area contributed by atoms with Crippen LogP contribution in [0.25, 0.3) is 0 Å². The van der Waals surface area contributed by atoms with E-state index in [2.05, 4.69) is 31.4 Å². The third-order valence-corrected chi connectivity index (χ3v) is 2.84. The van der Waals surface area contributed by atoms with Crippen LogP contribution in [0.1, 0.15) is 27.2 Å². The van der Waals surface area contributed by atoms with E-state index in [1.165, 1.54) is 0 Å². The highest BCUT2D eigenvalue weighted by atomic mass is 16.2. The van der Waals surface area contributed by atoms with Crippen LogP contribution in [0, 0.1) is 5.41 Å². The minimum absolute atomic E-state index is 0.00655. The fourth-order valence-electron chi connectivity index (χ4n) is 1.74. The van der Waals surface area contributed by atoms with Gasteiger partial charge in [0.05, 0.1) is 0 Å². The highest BCUT2D eigenvalue weighted by Crippen LogP contribution is 2.21. The van der Waals surface area contributed by atoms with Crippen molar-refractivity contribution in [1.29, 1.82) is 0 Å². The molecule has 0 aliphatic heterocycles. The SMILES string of the molecule is CC(C)(C)C(CCN)NC(=O)Nc1ccccc1. The van der Waals surface area contributed by atoms with Gasteiger partial charge >= 0.3 is 6.03 Å². The number of carbonyl (C=O) groups is 1. The van der Waals surface area contributed by atoms with Crippen molar-refractivity contribution < 1.29 is 4.79 Å². The first-order valence-corrected chi connectivity index (χ1v) is 6.26. The van der Waals surface area contributed by atoms with Gasteiger partial charge < -0.3 is 16.4 Å². The molecule has 18 heavy (non-hydrogen) atoms. The van der Waals surface area contributed by atoms with Crippen LogP contribution in [0.3, 0.4) is 0 Å². The third kappa shape index (κ3) is 4.75. The van der Waals surface area contributed by atoms with Gasteiger partial charge in [-0.1, -0.05) is 39.0 Å². The summed E-state index contributed by atoms with van der Waals surface area (Å²) in [5, 5.41) is 5.79.